The number of unbranched alkanes of at least 4 members (excludes halogenated alkanes) is 1. The second-order valence-electron chi connectivity index (χ2n) is 3.07. The molecule has 0 heterocycles. The van der Waals surface area contributed by atoms with Crippen molar-refractivity contribution in [2.24, 2.45) is 0 Å². The molecule has 0 aliphatic carbocycles. The Labute approximate surface area is 80.0 Å². The topological polar surface area (TPSA) is 50.4 Å². The number of carbonyl (C=O) groups is 1. The van der Waals surface area contributed by atoms with E-state index >= 15 is 0 Å². The summed E-state index contributed by atoms with van der Waals surface area (Å²) in [5.41, 5.74) is 0. The Balaban J connectivity index is 3.30. The molecule has 4 nitrogen and oxygen atoms in total. The monoisotopic (exact) mass is 188 g/mol. The molecular weight excluding hydrogens is 168 g/mol. The second kappa shape index (κ2) is 7.86. The van der Waals surface area contributed by atoms with Gasteiger partial charge >= 0.3 is 6.09 Å². The molecule has 0 aromatic heterocycles. The first-order chi connectivity index (χ1) is 6.20. The standard InChI is InChI=1S/C9H20N2O2/c1-4-5-6-11-9(12)13-7-8(2)10-3/h8,10H,4-7H2,1-3H3,(H,11,12). The van der Waals surface area contributed by atoms with E-state index in [4.69, 9.17) is 4.74 Å². The summed E-state index contributed by atoms with van der Waals surface area (Å²) in [5.74, 6) is 0. The van der Waals surface area contributed by atoms with Gasteiger partial charge in [-0.15, -0.1) is 0 Å². The number of rotatable bonds is 6. The van der Waals surface area contributed by atoms with Gasteiger partial charge in [-0.1, -0.05) is 13.3 Å². The van der Waals surface area contributed by atoms with Crippen molar-refractivity contribution in [3.05, 3.63) is 0 Å². The van der Waals surface area contributed by atoms with Gasteiger partial charge in [0.2, 0.25) is 0 Å². The maximum atomic E-state index is 11.0. The molecule has 4 heteroatoms. The molecule has 0 bridgehead atoms. The van der Waals surface area contributed by atoms with Crippen LogP contribution in [0.25, 0.3) is 0 Å². The lowest BCUT2D eigenvalue weighted by atomic mass is 10.3. The van der Waals surface area contributed by atoms with Gasteiger partial charge in [-0.25, -0.2) is 4.79 Å². The van der Waals surface area contributed by atoms with Crippen molar-refractivity contribution in [3.8, 4) is 0 Å². The molecule has 0 aromatic carbocycles. The minimum atomic E-state index is -0.324. The van der Waals surface area contributed by atoms with Crippen LogP contribution in [0, 0.1) is 0 Å². The van der Waals surface area contributed by atoms with Crippen LogP contribution in [0.4, 0.5) is 4.79 Å². The minimum Gasteiger partial charge on any atom is -0.448 e. The van der Waals surface area contributed by atoms with Crippen molar-refractivity contribution < 1.29 is 9.53 Å². The Hall–Kier alpha value is -0.770. The summed E-state index contributed by atoms with van der Waals surface area (Å²) in [6, 6.07) is 0.205. The zero-order valence-corrected chi connectivity index (χ0v) is 8.72. The Bertz CT molecular complexity index is 140. The predicted octanol–water partition coefficient (Wildman–Crippen LogP) is 1.12. The highest BCUT2D eigenvalue weighted by atomic mass is 16.5. The van der Waals surface area contributed by atoms with E-state index in [1.807, 2.05) is 14.0 Å². The molecule has 0 rings (SSSR count). The second-order valence-corrected chi connectivity index (χ2v) is 3.07. The lowest BCUT2D eigenvalue weighted by Crippen LogP contribution is -2.32. The van der Waals surface area contributed by atoms with E-state index in [0.29, 0.717) is 13.2 Å². The summed E-state index contributed by atoms with van der Waals surface area (Å²) in [6.45, 7) is 5.15. The third-order valence-electron chi connectivity index (χ3n) is 1.76. The molecule has 0 radical (unpaired) electrons. The summed E-state index contributed by atoms with van der Waals surface area (Å²) in [4.78, 5) is 11.0. The molecule has 2 N–H and O–H groups in total. The maximum Gasteiger partial charge on any atom is 0.407 e. The van der Waals surface area contributed by atoms with Crippen molar-refractivity contribution in [2.75, 3.05) is 20.2 Å². The predicted molar refractivity (Wildman–Crippen MR) is 52.8 cm³/mol. The van der Waals surface area contributed by atoms with Crippen LogP contribution in [0.3, 0.4) is 0 Å². The molecule has 0 fully saturated rings. The lowest BCUT2D eigenvalue weighted by molar-refractivity contribution is 0.137. The summed E-state index contributed by atoms with van der Waals surface area (Å²) < 4.78 is 4.93. The molecule has 0 spiro atoms. The third-order valence-corrected chi connectivity index (χ3v) is 1.76. The smallest absolute Gasteiger partial charge is 0.407 e. The maximum absolute atomic E-state index is 11.0. The first-order valence-corrected chi connectivity index (χ1v) is 4.78. The van der Waals surface area contributed by atoms with E-state index in [1.165, 1.54) is 0 Å². The van der Waals surface area contributed by atoms with Crippen molar-refractivity contribution >= 4 is 6.09 Å². The fourth-order valence-corrected chi connectivity index (χ4v) is 0.702. The number of hydrogen-bond donors (Lipinski definition) is 2. The van der Waals surface area contributed by atoms with Gasteiger partial charge in [-0.05, 0) is 20.4 Å². The van der Waals surface area contributed by atoms with Crippen LogP contribution in [0.5, 0.6) is 0 Å². The van der Waals surface area contributed by atoms with Gasteiger partial charge in [0, 0.05) is 12.6 Å². The molecule has 1 atom stereocenters. The highest BCUT2D eigenvalue weighted by Gasteiger charge is 2.03. The SMILES string of the molecule is CCCCNC(=O)OCC(C)NC. The molecule has 0 aliphatic heterocycles. The summed E-state index contributed by atoms with van der Waals surface area (Å²) in [6.07, 6.45) is 1.75. The molecule has 0 aromatic rings. The summed E-state index contributed by atoms with van der Waals surface area (Å²) in [5, 5.41) is 5.66. The number of nitrogens with one attached hydrogen (secondary N) is 2. The van der Waals surface area contributed by atoms with E-state index in [9.17, 15) is 4.79 Å². The minimum absolute atomic E-state index is 0.205. The van der Waals surface area contributed by atoms with Gasteiger partial charge in [-0.3, -0.25) is 0 Å². The van der Waals surface area contributed by atoms with Gasteiger partial charge in [0.05, 0.1) is 0 Å². The number of alkyl carbamates (subject to hydrolysis) is 1. The van der Waals surface area contributed by atoms with E-state index < -0.39 is 0 Å². The fourth-order valence-electron chi connectivity index (χ4n) is 0.702. The Morgan fingerprint density at radius 2 is 2.23 bits per heavy atom. The zero-order chi connectivity index (χ0) is 10.1. The van der Waals surface area contributed by atoms with Crippen molar-refractivity contribution in [1.82, 2.24) is 10.6 Å². The van der Waals surface area contributed by atoms with Crippen LogP contribution in [0.1, 0.15) is 26.7 Å². The van der Waals surface area contributed by atoms with Crippen LogP contribution >= 0.6 is 0 Å². The first kappa shape index (κ1) is 12.2. The number of likely N-dealkylation sites (N-methyl/N-ethyl adjacent to an activating group) is 1. The van der Waals surface area contributed by atoms with Crippen LogP contribution in [0.15, 0.2) is 0 Å². The average Bonchev–Trinajstić information content (AvgIpc) is 2.14. The van der Waals surface area contributed by atoms with Gasteiger partial charge in [0.25, 0.3) is 0 Å². The van der Waals surface area contributed by atoms with Gasteiger partial charge < -0.3 is 15.4 Å². The summed E-state index contributed by atoms with van der Waals surface area (Å²) in [7, 11) is 1.84. The first-order valence-electron chi connectivity index (χ1n) is 4.78. The zero-order valence-electron chi connectivity index (χ0n) is 8.72. The molecule has 0 saturated heterocycles. The quantitative estimate of drug-likeness (QED) is 0.614. The molecular formula is C9H20N2O2. The average molecular weight is 188 g/mol. The van der Waals surface area contributed by atoms with E-state index in [-0.39, 0.29) is 12.1 Å². The van der Waals surface area contributed by atoms with Gasteiger partial charge in [0.15, 0.2) is 0 Å². The summed E-state index contributed by atoms with van der Waals surface area (Å²) >= 11 is 0. The molecule has 13 heavy (non-hydrogen) atoms. The fraction of sp³-hybridized carbons (Fsp3) is 0.889. The van der Waals surface area contributed by atoms with Crippen molar-refractivity contribution in [2.45, 2.75) is 32.7 Å². The van der Waals surface area contributed by atoms with E-state index in [0.717, 1.165) is 12.8 Å². The van der Waals surface area contributed by atoms with Crippen LogP contribution in [-0.4, -0.2) is 32.3 Å². The normalized spacial score (nSPS) is 12.2. The van der Waals surface area contributed by atoms with Crippen LogP contribution < -0.4 is 10.6 Å². The molecule has 1 amide bonds. The van der Waals surface area contributed by atoms with Crippen molar-refractivity contribution in [1.29, 1.82) is 0 Å². The van der Waals surface area contributed by atoms with E-state index in [1.54, 1.807) is 0 Å². The number of hydrogen-bond acceptors (Lipinski definition) is 3. The van der Waals surface area contributed by atoms with Crippen LogP contribution in [-0.2, 0) is 4.74 Å². The molecule has 0 aliphatic rings. The lowest BCUT2D eigenvalue weighted by Gasteiger charge is -2.11. The van der Waals surface area contributed by atoms with Crippen molar-refractivity contribution in [3.63, 3.8) is 0 Å². The highest BCUT2D eigenvalue weighted by molar-refractivity contribution is 5.67. The van der Waals surface area contributed by atoms with Gasteiger partial charge in [-0.2, -0.15) is 0 Å². The molecule has 0 saturated carbocycles. The molecule has 78 valence electrons. The van der Waals surface area contributed by atoms with E-state index in [2.05, 4.69) is 17.6 Å². The highest BCUT2D eigenvalue weighted by Crippen LogP contribution is 1.86. The Morgan fingerprint density at radius 3 is 2.77 bits per heavy atom. The number of carbonyl (C=O) groups excluding carboxylic acids is 1. The van der Waals surface area contributed by atoms with Gasteiger partial charge in [0.1, 0.15) is 6.61 Å². The largest absolute Gasteiger partial charge is 0.448 e. The Morgan fingerprint density at radius 1 is 1.54 bits per heavy atom. The third kappa shape index (κ3) is 7.59. The van der Waals surface area contributed by atoms with Crippen LogP contribution in [0.2, 0.25) is 0 Å². The Kier molecular flexibility index (Phi) is 7.39. The number of amides is 1. The molecule has 1 unspecified atom stereocenters. The number of ether oxygens (including phenoxy) is 1.